The quantitative estimate of drug-likeness (QED) is 0.644. The highest BCUT2D eigenvalue weighted by Gasteiger charge is 2.00. The zero-order valence-corrected chi connectivity index (χ0v) is 11.4. The summed E-state index contributed by atoms with van der Waals surface area (Å²) in [7, 11) is 0. The van der Waals surface area contributed by atoms with Crippen LogP contribution >= 0.6 is 35.0 Å². The lowest BCUT2D eigenvalue weighted by atomic mass is 10.3. The lowest BCUT2D eigenvalue weighted by Gasteiger charge is -2.08. The van der Waals surface area contributed by atoms with Crippen molar-refractivity contribution in [1.82, 2.24) is 4.98 Å². The molecular weight excluding hydrogens is 275 g/mol. The van der Waals surface area contributed by atoms with Gasteiger partial charge in [-0.1, -0.05) is 29.3 Å². The van der Waals surface area contributed by atoms with E-state index < -0.39 is 0 Å². The third-order valence-electron chi connectivity index (χ3n) is 2.12. The summed E-state index contributed by atoms with van der Waals surface area (Å²) in [6.07, 6.45) is 2.04. The Morgan fingerprint density at radius 1 is 1.06 bits per heavy atom. The summed E-state index contributed by atoms with van der Waals surface area (Å²) < 4.78 is 0. The number of anilines is 2. The second kappa shape index (κ2) is 5.63. The lowest BCUT2D eigenvalue weighted by molar-refractivity contribution is 1.32. The Labute approximate surface area is 114 Å². The van der Waals surface area contributed by atoms with E-state index in [1.54, 1.807) is 23.9 Å². The summed E-state index contributed by atoms with van der Waals surface area (Å²) in [5.74, 6) is 0. The van der Waals surface area contributed by atoms with E-state index in [1.807, 2.05) is 18.4 Å². The first-order valence-corrected chi connectivity index (χ1v) is 6.89. The van der Waals surface area contributed by atoms with Gasteiger partial charge in [0.15, 0.2) is 0 Å². The van der Waals surface area contributed by atoms with Gasteiger partial charge in [0, 0.05) is 16.3 Å². The SMILES string of the molecule is CSc1cccc(Nc2cc(Cl)nc(Cl)c2)c1. The van der Waals surface area contributed by atoms with Crippen molar-refractivity contribution in [2.24, 2.45) is 0 Å². The van der Waals surface area contributed by atoms with E-state index in [0.29, 0.717) is 10.3 Å². The normalized spacial score (nSPS) is 10.3. The lowest BCUT2D eigenvalue weighted by Crippen LogP contribution is -1.91. The summed E-state index contributed by atoms with van der Waals surface area (Å²) in [6, 6.07) is 11.6. The van der Waals surface area contributed by atoms with E-state index in [9.17, 15) is 0 Å². The average molecular weight is 285 g/mol. The molecule has 88 valence electrons. The predicted octanol–water partition coefficient (Wildman–Crippen LogP) is 4.85. The first-order chi connectivity index (χ1) is 8.17. The second-order valence-corrected chi connectivity index (χ2v) is 5.01. The molecule has 0 atom stereocenters. The molecule has 2 rings (SSSR count). The Bertz CT molecular complexity index is 511. The number of hydrogen-bond acceptors (Lipinski definition) is 3. The third-order valence-corrected chi connectivity index (χ3v) is 3.23. The van der Waals surface area contributed by atoms with Crippen molar-refractivity contribution in [1.29, 1.82) is 0 Å². The molecule has 0 saturated heterocycles. The molecule has 1 aromatic carbocycles. The molecule has 5 heteroatoms. The van der Waals surface area contributed by atoms with Crippen LogP contribution in [0.25, 0.3) is 0 Å². The topological polar surface area (TPSA) is 24.9 Å². The minimum Gasteiger partial charge on any atom is -0.355 e. The second-order valence-electron chi connectivity index (χ2n) is 3.36. The molecule has 1 N–H and O–H groups in total. The van der Waals surface area contributed by atoms with Crippen LogP contribution in [0.15, 0.2) is 41.3 Å². The number of hydrogen-bond donors (Lipinski definition) is 1. The fourth-order valence-corrected chi connectivity index (χ4v) is 2.32. The van der Waals surface area contributed by atoms with E-state index in [2.05, 4.69) is 22.4 Å². The fourth-order valence-electron chi connectivity index (χ4n) is 1.40. The molecule has 0 saturated carbocycles. The van der Waals surface area contributed by atoms with Gasteiger partial charge in [0.2, 0.25) is 0 Å². The predicted molar refractivity (Wildman–Crippen MR) is 75.8 cm³/mol. The van der Waals surface area contributed by atoms with Crippen molar-refractivity contribution >= 4 is 46.3 Å². The third kappa shape index (κ3) is 3.53. The van der Waals surface area contributed by atoms with E-state index >= 15 is 0 Å². The van der Waals surface area contributed by atoms with Crippen LogP contribution in [0.1, 0.15) is 0 Å². The van der Waals surface area contributed by atoms with Crippen LogP contribution in [0.4, 0.5) is 11.4 Å². The standard InChI is InChI=1S/C12H10Cl2N2S/c1-17-10-4-2-3-8(5-10)15-9-6-11(13)16-12(14)7-9/h2-7H,1H3,(H,15,16). The zero-order chi connectivity index (χ0) is 12.3. The number of thioether (sulfide) groups is 1. The highest BCUT2D eigenvalue weighted by Crippen LogP contribution is 2.25. The molecule has 2 nitrogen and oxygen atoms in total. The number of pyridine rings is 1. The molecule has 0 radical (unpaired) electrons. The molecule has 0 aliphatic heterocycles. The van der Waals surface area contributed by atoms with Crippen molar-refractivity contribution in [2.75, 3.05) is 11.6 Å². The maximum absolute atomic E-state index is 5.84. The Kier molecular flexibility index (Phi) is 4.15. The Hall–Kier alpha value is -0.900. The molecule has 17 heavy (non-hydrogen) atoms. The van der Waals surface area contributed by atoms with Crippen LogP contribution in [-0.4, -0.2) is 11.2 Å². The number of rotatable bonds is 3. The smallest absolute Gasteiger partial charge is 0.132 e. The highest BCUT2D eigenvalue weighted by atomic mass is 35.5. The van der Waals surface area contributed by atoms with Gasteiger partial charge in [-0.2, -0.15) is 0 Å². The van der Waals surface area contributed by atoms with Crippen LogP contribution in [0.5, 0.6) is 0 Å². The monoisotopic (exact) mass is 284 g/mol. The van der Waals surface area contributed by atoms with Crippen molar-refractivity contribution in [3.05, 3.63) is 46.7 Å². The molecule has 1 heterocycles. The minimum atomic E-state index is 0.376. The van der Waals surface area contributed by atoms with Crippen molar-refractivity contribution < 1.29 is 0 Å². The average Bonchev–Trinajstić information content (AvgIpc) is 2.28. The van der Waals surface area contributed by atoms with Crippen molar-refractivity contribution in [2.45, 2.75) is 4.90 Å². The van der Waals surface area contributed by atoms with E-state index in [-0.39, 0.29) is 0 Å². The zero-order valence-electron chi connectivity index (χ0n) is 9.08. The molecule has 0 unspecified atom stereocenters. The minimum absolute atomic E-state index is 0.376. The van der Waals surface area contributed by atoms with E-state index in [0.717, 1.165) is 11.4 Å². The summed E-state index contributed by atoms with van der Waals surface area (Å²) in [4.78, 5) is 5.09. The van der Waals surface area contributed by atoms with Gasteiger partial charge < -0.3 is 5.32 Å². The number of aromatic nitrogens is 1. The van der Waals surface area contributed by atoms with E-state index in [4.69, 9.17) is 23.2 Å². The maximum atomic E-state index is 5.84. The molecular formula is C12H10Cl2N2S. The maximum Gasteiger partial charge on any atom is 0.132 e. The van der Waals surface area contributed by atoms with Gasteiger partial charge in [-0.25, -0.2) is 4.98 Å². The van der Waals surface area contributed by atoms with Gasteiger partial charge in [-0.05, 0) is 36.6 Å². The molecule has 0 spiro atoms. The number of nitrogens with zero attached hydrogens (tertiary/aromatic N) is 1. The molecule has 0 fully saturated rings. The summed E-state index contributed by atoms with van der Waals surface area (Å²) in [5, 5.41) is 3.99. The van der Waals surface area contributed by atoms with Gasteiger partial charge in [-0.3, -0.25) is 0 Å². The van der Waals surface area contributed by atoms with E-state index in [1.165, 1.54) is 4.90 Å². The number of benzene rings is 1. The summed E-state index contributed by atoms with van der Waals surface area (Å²) in [5.41, 5.74) is 1.82. The molecule has 0 bridgehead atoms. The Morgan fingerprint density at radius 2 is 1.76 bits per heavy atom. The van der Waals surface area contributed by atoms with Gasteiger partial charge >= 0.3 is 0 Å². The van der Waals surface area contributed by atoms with Crippen molar-refractivity contribution in [3.8, 4) is 0 Å². The molecule has 0 aliphatic carbocycles. The first-order valence-electron chi connectivity index (χ1n) is 4.91. The summed E-state index contributed by atoms with van der Waals surface area (Å²) in [6.45, 7) is 0. The Balaban J connectivity index is 2.24. The highest BCUT2D eigenvalue weighted by molar-refractivity contribution is 7.98. The summed E-state index contributed by atoms with van der Waals surface area (Å²) >= 11 is 13.4. The largest absolute Gasteiger partial charge is 0.355 e. The van der Waals surface area contributed by atoms with Gasteiger partial charge in [0.05, 0.1) is 0 Å². The van der Waals surface area contributed by atoms with Gasteiger partial charge in [0.1, 0.15) is 10.3 Å². The van der Waals surface area contributed by atoms with Crippen LogP contribution in [0.2, 0.25) is 10.3 Å². The number of nitrogens with one attached hydrogen (secondary N) is 1. The van der Waals surface area contributed by atoms with Crippen LogP contribution < -0.4 is 5.32 Å². The van der Waals surface area contributed by atoms with Gasteiger partial charge in [-0.15, -0.1) is 11.8 Å². The van der Waals surface area contributed by atoms with Crippen molar-refractivity contribution in [3.63, 3.8) is 0 Å². The number of halogens is 2. The van der Waals surface area contributed by atoms with Gasteiger partial charge in [0.25, 0.3) is 0 Å². The van der Waals surface area contributed by atoms with Crippen LogP contribution in [0, 0.1) is 0 Å². The van der Waals surface area contributed by atoms with Crippen LogP contribution in [0.3, 0.4) is 0 Å². The fraction of sp³-hybridized carbons (Fsp3) is 0.0833. The molecule has 1 aromatic heterocycles. The van der Waals surface area contributed by atoms with Crippen LogP contribution in [-0.2, 0) is 0 Å². The Morgan fingerprint density at radius 3 is 2.41 bits per heavy atom. The molecule has 0 amide bonds. The first kappa shape index (κ1) is 12.6. The molecule has 0 aliphatic rings. The molecule has 2 aromatic rings.